The number of amides is 1. The summed E-state index contributed by atoms with van der Waals surface area (Å²) in [5, 5.41) is 3.59. The molecule has 1 rings (SSSR count). The van der Waals surface area contributed by atoms with Crippen LogP contribution in [0.25, 0.3) is 0 Å². The van der Waals surface area contributed by atoms with Crippen molar-refractivity contribution in [1.29, 1.82) is 0 Å². The van der Waals surface area contributed by atoms with E-state index in [-0.39, 0.29) is 16.9 Å². The number of rotatable bonds is 9. The highest BCUT2D eigenvalue weighted by Crippen LogP contribution is 2.07. The molecule has 0 atom stereocenters. The van der Waals surface area contributed by atoms with Crippen LogP contribution in [-0.4, -0.2) is 53.0 Å². The van der Waals surface area contributed by atoms with E-state index in [0.29, 0.717) is 19.5 Å². The molecule has 0 unspecified atom stereocenters. The highest BCUT2D eigenvalue weighted by atomic mass is 32.2. The van der Waals surface area contributed by atoms with Crippen molar-refractivity contribution >= 4 is 15.9 Å². The van der Waals surface area contributed by atoms with Gasteiger partial charge in [-0.1, -0.05) is 33.6 Å². The van der Waals surface area contributed by atoms with Gasteiger partial charge < -0.3 is 4.90 Å². The van der Waals surface area contributed by atoms with Crippen molar-refractivity contribution < 1.29 is 13.2 Å². The molecule has 7 nitrogen and oxygen atoms in total. The maximum atomic E-state index is 12.4. The predicted molar refractivity (Wildman–Crippen MR) is 84.5 cm³/mol. The van der Waals surface area contributed by atoms with Crippen molar-refractivity contribution in [2.24, 2.45) is 0 Å². The first-order valence-corrected chi connectivity index (χ1v) is 9.55. The minimum absolute atomic E-state index is 0.0135. The van der Waals surface area contributed by atoms with Crippen LogP contribution in [0.4, 0.5) is 4.79 Å². The van der Waals surface area contributed by atoms with Gasteiger partial charge in [0.15, 0.2) is 0 Å². The third-order valence-corrected chi connectivity index (χ3v) is 4.90. The van der Waals surface area contributed by atoms with Crippen molar-refractivity contribution in [2.45, 2.75) is 58.0 Å². The Hall–Kier alpha value is -1.44. The van der Waals surface area contributed by atoms with Gasteiger partial charge in [0.2, 0.25) is 9.84 Å². The molecule has 0 N–H and O–H groups in total. The lowest BCUT2D eigenvalue weighted by atomic mass is 10.2. The molecule has 126 valence electrons. The van der Waals surface area contributed by atoms with Crippen LogP contribution in [0.1, 0.15) is 52.9 Å². The molecule has 1 aromatic heterocycles. The first-order chi connectivity index (χ1) is 10.5. The number of hydrogen-bond donors (Lipinski definition) is 0. The Labute approximate surface area is 132 Å². The van der Waals surface area contributed by atoms with Crippen molar-refractivity contribution in [2.75, 3.05) is 18.8 Å². The summed E-state index contributed by atoms with van der Waals surface area (Å²) < 4.78 is 24.9. The van der Waals surface area contributed by atoms with Gasteiger partial charge in [0, 0.05) is 13.1 Å². The lowest BCUT2D eigenvalue weighted by Crippen LogP contribution is -2.36. The summed E-state index contributed by atoms with van der Waals surface area (Å²) in [6.07, 6.45) is 5.58. The monoisotopic (exact) mass is 330 g/mol. The van der Waals surface area contributed by atoms with Crippen LogP contribution in [0.2, 0.25) is 0 Å². The van der Waals surface area contributed by atoms with Crippen LogP contribution >= 0.6 is 0 Å². The van der Waals surface area contributed by atoms with Crippen LogP contribution in [0, 0.1) is 0 Å². The average molecular weight is 330 g/mol. The first kappa shape index (κ1) is 18.6. The lowest BCUT2D eigenvalue weighted by Gasteiger charge is -2.21. The van der Waals surface area contributed by atoms with Crippen molar-refractivity contribution in [3.8, 4) is 0 Å². The Bertz CT molecular complexity index is 568. The number of aromatic nitrogens is 3. The van der Waals surface area contributed by atoms with Gasteiger partial charge in [0.25, 0.3) is 5.16 Å². The maximum absolute atomic E-state index is 12.4. The van der Waals surface area contributed by atoms with Gasteiger partial charge in [-0.3, -0.25) is 0 Å². The van der Waals surface area contributed by atoms with Gasteiger partial charge in [-0.15, -0.1) is 5.10 Å². The third kappa shape index (κ3) is 5.08. The first-order valence-electron chi connectivity index (χ1n) is 7.89. The molecule has 0 aliphatic rings. The zero-order chi connectivity index (χ0) is 16.6. The zero-order valence-corrected chi connectivity index (χ0v) is 14.5. The standard InChI is InChI=1S/C14H26N4O3S/c1-4-7-8-10-17(9-5-2)14(19)18-12-15-13(16-18)22(20,21)11-6-3/h12H,4-11H2,1-3H3. The van der Waals surface area contributed by atoms with E-state index in [4.69, 9.17) is 0 Å². The summed E-state index contributed by atoms with van der Waals surface area (Å²) in [6.45, 7) is 7.15. The second-order valence-electron chi connectivity index (χ2n) is 5.27. The molecule has 0 spiro atoms. The predicted octanol–water partition coefficient (Wildman–Crippen LogP) is 2.33. The SMILES string of the molecule is CCCCCN(CCC)C(=O)n1cnc(S(=O)(=O)CCC)n1. The minimum atomic E-state index is -3.50. The molecule has 8 heteroatoms. The van der Waals surface area contributed by atoms with E-state index < -0.39 is 9.84 Å². The molecular formula is C14H26N4O3S. The number of nitrogens with zero attached hydrogens (tertiary/aromatic N) is 4. The van der Waals surface area contributed by atoms with E-state index in [0.717, 1.165) is 30.4 Å². The molecule has 0 aliphatic carbocycles. The molecule has 0 saturated heterocycles. The Balaban J connectivity index is 2.84. The van der Waals surface area contributed by atoms with E-state index in [1.165, 1.54) is 6.33 Å². The van der Waals surface area contributed by atoms with E-state index in [9.17, 15) is 13.2 Å². The average Bonchev–Trinajstić information content (AvgIpc) is 2.96. The van der Waals surface area contributed by atoms with Crippen LogP contribution in [0.5, 0.6) is 0 Å². The summed E-state index contributed by atoms with van der Waals surface area (Å²) in [5.41, 5.74) is 0. The topological polar surface area (TPSA) is 85.2 Å². The Kier molecular flexibility index (Phi) is 7.50. The Morgan fingerprint density at radius 3 is 2.45 bits per heavy atom. The van der Waals surface area contributed by atoms with Gasteiger partial charge in [0.1, 0.15) is 6.33 Å². The van der Waals surface area contributed by atoms with Gasteiger partial charge >= 0.3 is 6.03 Å². The van der Waals surface area contributed by atoms with Crippen molar-refractivity contribution in [3.05, 3.63) is 6.33 Å². The number of hydrogen-bond acceptors (Lipinski definition) is 5. The molecule has 0 radical (unpaired) electrons. The zero-order valence-electron chi connectivity index (χ0n) is 13.7. The molecule has 1 amide bonds. The molecule has 0 fully saturated rings. The van der Waals surface area contributed by atoms with Gasteiger partial charge in [-0.2, -0.15) is 4.68 Å². The van der Waals surface area contributed by atoms with Crippen LogP contribution in [0.3, 0.4) is 0 Å². The van der Waals surface area contributed by atoms with Gasteiger partial charge in [-0.05, 0) is 19.3 Å². The third-order valence-electron chi connectivity index (χ3n) is 3.21. The second-order valence-corrected chi connectivity index (χ2v) is 7.27. The van der Waals surface area contributed by atoms with Gasteiger partial charge in [0.05, 0.1) is 5.75 Å². The van der Waals surface area contributed by atoms with Gasteiger partial charge in [-0.25, -0.2) is 18.2 Å². The van der Waals surface area contributed by atoms with Crippen molar-refractivity contribution in [1.82, 2.24) is 19.7 Å². The Morgan fingerprint density at radius 1 is 1.14 bits per heavy atom. The van der Waals surface area contributed by atoms with E-state index in [1.54, 1.807) is 11.8 Å². The molecule has 0 bridgehead atoms. The fourth-order valence-corrected chi connectivity index (χ4v) is 3.25. The highest BCUT2D eigenvalue weighted by Gasteiger charge is 2.22. The molecule has 1 aromatic rings. The highest BCUT2D eigenvalue weighted by molar-refractivity contribution is 7.91. The van der Waals surface area contributed by atoms with Crippen LogP contribution in [-0.2, 0) is 9.84 Å². The quantitative estimate of drug-likeness (QED) is 0.649. The molecule has 0 aromatic carbocycles. The molecule has 1 heterocycles. The fraction of sp³-hybridized carbons (Fsp3) is 0.786. The van der Waals surface area contributed by atoms with E-state index >= 15 is 0 Å². The van der Waals surface area contributed by atoms with Crippen LogP contribution in [0.15, 0.2) is 11.5 Å². The molecular weight excluding hydrogens is 304 g/mol. The number of carbonyl (C=O) groups is 1. The summed E-state index contributed by atoms with van der Waals surface area (Å²) in [5.74, 6) is -0.0135. The van der Waals surface area contributed by atoms with Crippen molar-refractivity contribution in [3.63, 3.8) is 0 Å². The number of sulfone groups is 1. The molecule has 0 aliphatic heterocycles. The normalized spacial score (nSPS) is 11.6. The van der Waals surface area contributed by atoms with Crippen LogP contribution < -0.4 is 0 Å². The summed E-state index contributed by atoms with van der Waals surface area (Å²) in [6, 6.07) is -0.316. The number of carbonyl (C=O) groups excluding carboxylic acids is 1. The van der Waals surface area contributed by atoms with E-state index in [2.05, 4.69) is 17.0 Å². The van der Waals surface area contributed by atoms with E-state index in [1.807, 2.05) is 6.92 Å². The minimum Gasteiger partial charge on any atom is -0.323 e. The summed E-state index contributed by atoms with van der Waals surface area (Å²) in [7, 11) is -3.50. The maximum Gasteiger partial charge on any atom is 0.346 e. The molecule has 0 saturated carbocycles. The summed E-state index contributed by atoms with van der Waals surface area (Å²) in [4.78, 5) is 17.9. The summed E-state index contributed by atoms with van der Waals surface area (Å²) >= 11 is 0. The largest absolute Gasteiger partial charge is 0.346 e. The second kappa shape index (κ2) is 8.87. The lowest BCUT2D eigenvalue weighted by molar-refractivity contribution is 0.194. The Morgan fingerprint density at radius 2 is 1.86 bits per heavy atom. The molecule has 22 heavy (non-hydrogen) atoms. The number of unbranched alkanes of at least 4 members (excludes halogenated alkanes) is 2. The smallest absolute Gasteiger partial charge is 0.323 e. The fourth-order valence-electron chi connectivity index (χ4n) is 2.11.